The summed E-state index contributed by atoms with van der Waals surface area (Å²) in [5, 5.41) is 4.77. The summed E-state index contributed by atoms with van der Waals surface area (Å²) in [7, 11) is 0. The fourth-order valence-electron chi connectivity index (χ4n) is 3.45. The van der Waals surface area contributed by atoms with Crippen LogP contribution < -0.4 is 5.32 Å². The summed E-state index contributed by atoms with van der Waals surface area (Å²) in [6.45, 7) is 2.79. The lowest BCUT2D eigenvalue weighted by atomic mass is 10.0. The summed E-state index contributed by atoms with van der Waals surface area (Å²) in [4.78, 5) is 22.5. The standard InChI is InChI=1S/C20H21ClN4O/c21-15-4-5-18-14(11-15)12-19(24-18)20(26)23-16-6-9-25(10-7-16)13-17-3-1-2-8-22-17/h1-5,8,11-12,16,24H,6-7,9-10,13H2,(H,23,26). The number of H-pyrrole nitrogens is 1. The van der Waals surface area contributed by atoms with Crippen LogP contribution in [0.5, 0.6) is 0 Å². The average Bonchev–Trinajstić information content (AvgIpc) is 3.07. The molecule has 0 bridgehead atoms. The predicted molar refractivity (Wildman–Crippen MR) is 103 cm³/mol. The van der Waals surface area contributed by atoms with E-state index in [-0.39, 0.29) is 11.9 Å². The fraction of sp³-hybridized carbons (Fsp3) is 0.300. The first-order valence-corrected chi connectivity index (χ1v) is 9.26. The number of amides is 1. The quantitative estimate of drug-likeness (QED) is 0.739. The maximum atomic E-state index is 12.5. The van der Waals surface area contributed by atoms with E-state index in [1.165, 1.54) is 0 Å². The molecule has 2 N–H and O–H groups in total. The van der Waals surface area contributed by atoms with Gasteiger partial charge < -0.3 is 10.3 Å². The Labute approximate surface area is 157 Å². The second-order valence-electron chi connectivity index (χ2n) is 6.76. The van der Waals surface area contributed by atoms with Gasteiger partial charge in [-0.05, 0) is 49.2 Å². The lowest BCUT2D eigenvalue weighted by Crippen LogP contribution is -2.44. The minimum Gasteiger partial charge on any atom is -0.351 e. The molecular weight excluding hydrogens is 348 g/mol. The van der Waals surface area contributed by atoms with Gasteiger partial charge in [0.2, 0.25) is 0 Å². The molecule has 0 unspecified atom stereocenters. The second-order valence-corrected chi connectivity index (χ2v) is 7.20. The van der Waals surface area contributed by atoms with Gasteiger partial charge in [-0.3, -0.25) is 14.7 Å². The molecule has 0 radical (unpaired) electrons. The van der Waals surface area contributed by atoms with E-state index >= 15 is 0 Å². The molecule has 134 valence electrons. The van der Waals surface area contributed by atoms with E-state index in [0.717, 1.165) is 49.1 Å². The Morgan fingerprint density at radius 1 is 1.23 bits per heavy atom. The largest absolute Gasteiger partial charge is 0.351 e. The van der Waals surface area contributed by atoms with Crippen molar-refractivity contribution in [1.82, 2.24) is 20.2 Å². The Balaban J connectivity index is 1.32. The zero-order valence-corrected chi connectivity index (χ0v) is 15.2. The van der Waals surface area contributed by atoms with E-state index in [1.807, 2.05) is 42.6 Å². The minimum absolute atomic E-state index is 0.0551. The van der Waals surface area contributed by atoms with Gasteiger partial charge in [-0.1, -0.05) is 17.7 Å². The van der Waals surface area contributed by atoms with Crippen LogP contribution >= 0.6 is 11.6 Å². The number of carbonyl (C=O) groups is 1. The van der Waals surface area contributed by atoms with E-state index in [2.05, 4.69) is 26.3 Å². The number of piperidine rings is 1. The van der Waals surface area contributed by atoms with E-state index in [9.17, 15) is 4.79 Å². The first-order valence-electron chi connectivity index (χ1n) is 8.89. The molecule has 0 spiro atoms. The zero-order valence-electron chi connectivity index (χ0n) is 14.4. The third kappa shape index (κ3) is 3.89. The molecule has 2 aromatic heterocycles. The van der Waals surface area contributed by atoms with E-state index in [4.69, 9.17) is 11.6 Å². The highest BCUT2D eigenvalue weighted by Gasteiger charge is 2.22. The smallest absolute Gasteiger partial charge is 0.267 e. The van der Waals surface area contributed by atoms with Crippen LogP contribution in [0.1, 0.15) is 29.0 Å². The molecule has 1 aliphatic rings. The lowest BCUT2D eigenvalue weighted by Gasteiger charge is -2.32. The first kappa shape index (κ1) is 17.1. The molecule has 4 rings (SSSR count). The molecule has 0 aliphatic carbocycles. The molecule has 26 heavy (non-hydrogen) atoms. The SMILES string of the molecule is O=C(NC1CCN(Cc2ccccn2)CC1)c1cc2cc(Cl)ccc2[nH]1. The molecule has 1 saturated heterocycles. The van der Waals surface area contributed by atoms with Crippen LogP contribution in [0.15, 0.2) is 48.7 Å². The number of pyridine rings is 1. The third-order valence-corrected chi connectivity index (χ3v) is 5.10. The van der Waals surface area contributed by atoms with Crippen molar-refractivity contribution < 1.29 is 4.79 Å². The molecule has 1 aromatic carbocycles. The lowest BCUT2D eigenvalue weighted by molar-refractivity contribution is 0.0904. The molecule has 6 heteroatoms. The molecule has 0 atom stereocenters. The summed E-state index contributed by atoms with van der Waals surface area (Å²) in [6, 6.07) is 13.6. The Bertz CT molecular complexity index is 901. The van der Waals surface area contributed by atoms with Crippen LogP contribution in [0.3, 0.4) is 0 Å². The van der Waals surface area contributed by atoms with Crippen molar-refractivity contribution in [3.05, 3.63) is 65.1 Å². The maximum absolute atomic E-state index is 12.5. The van der Waals surface area contributed by atoms with Gasteiger partial charge in [0.15, 0.2) is 0 Å². The number of hydrogen-bond donors (Lipinski definition) is 2. The molecule has 1 fully saturated rings. The van der Waals surface area contributed by atoms with Crippen molar-refractivity contribution in [2.45, 2.75) is 25.4 Å². The van der Waals surface area contributed by atoms with Crippen molar-refractivity contribution in [3.8, 4) is 0 Å². The first-order chi connectivity index (χ1) is 12.7. The predicted octanol–water partition coefficient (Wildman–Crippen LogP) is 3.61. The normalized spacial score (nSPS) is 16.0. The number of hydrogen-bond acceptors (Lipinski definition) is 3. The number of carbonyl (C=O) groups excluding carboxylic acids is 1. The summed E-state index contributed by atoms with van der Waals surface area (Å²) < 4.78 is 0. The molecule has 3 heterocycles. The Hall–Kier alpha value is -2.37. The van der Waals surface area contributed by atoms with Gasteiger partial charge in [0.05, 0.1) is 5.69 Å². The summed E-state index contributed by atoms with van der Waals surface area (Å²) in [5.41, 5.74) is 2.59. The van der Waals surface area contributed by atoms with Crippen molar-refractivity contribution in [1.29, 1.82) is 0 Å². The minimum atomic E-state index is -0.0551. The highest BCUT2D eigenvalue weighted by Crippen LogP contribution is 2.20. The molecule has 5 nitrogen and oxygen atoms in total. The van der Waals surface area contributed by atoms with Gasteiger partial charge in [-0.25, -0.2) is 0 Å². The van der Waals surface area contributed by atoms with Gasteiger partial charge in [0, 0.05) is 47.8 Å². The Morgan fingerprint density at radius 3 is 2.85 bits per heavy atom. The highest BCUT2D eigenvalue weighted by molar-refractivity contribution is 6.31. The number of benzene rings is 1. The van der Waals surface area contributed by atoms with E-state index in [0.29, 0.717) is 10.7 Å². The van der Waals surface area contributed by atoms with Crippen LogP contribution in [0.2, 0.25) is 5.02 Å². The summed E-state index contributed by atoms with van der Waals surface area (Å²) in [6.07, 6.45) is 3.73. The highest BCUT2D eigenvalue weighted by atomic mass is 35.5. The second kappa shape index (κ2) is 7.48. The summed E-state index contributed by atoms with van der Waals surface area (Å²) >= 11 is 6.01. The van der Waals surface area contributed by atoms with Gasteiger partial charge in [-0.15, -0.1) is 0 Å². The number of nitrogens with one attached hydrogen (secondary N) is 2. The third-order valence-electron chi connectivity index (χ3n) is 4.86. The van der Waals surface area contributed by atoms with Crippen molar-refractivity contribution in [2.24, 2.45) is 0 Å². The van der Waals surface area contributed by atoms with Gasteiger partial charge in [-0.2, -0.15) is 0 Å². The number of halogens is 1. The van der Waals surface area contributed by atoms with Crippen molar-refractivity contribution >= 4 is 28.4 Å². The zero-order chi connectivity index (χ0) is 17.9. The Kier molecular flexibility index (Phi) is 4.91. The molecule has 1 aliphatic heterocycles. The number of aromatic amines is 1. The number of likely N-dealkylation sites (tertiary alicyclic amines) is 1. The van der Waals surface area contributed by atoms with E-state index < -0.39 is 0 Å². The van der Waals surface area contributed by atoms with Crippen molar-refractivity contribution in [3.63, 3.8) is 0 Å². The average molecular weight is 369 g/mol. The van der Waals surface area contributed by atoms with Crippen molar-refractivity contribution in [2.75, 3.05) is 13.1 Å². The molecule has 3 aromatic rings. The fourth-order valence-corrected chi connectivity index (χ4v) is 3.63. The monoisotopic (exact) mass is 368 g/mol. The maximum Gasteiger partial charge on any atom is 0.267 e. The Morgan fingerprint density at radius 2 is 2.08 bits per heavy atom. The van der Waals surface area contributed by atoms with Crippen LogP contribution in [-0.4, -0.2) is 39.9 Å². The molecule has 1 amide bonds. The van der Waals surface area contributed by atoms with Crippen LogP contribution in [0, 0.1) is 0 Å². The number of rotatable bonds is 4. The van der Waals surface area contributed by atoms with Gasteiger partial charge >= 0.3 is 0 Å². The molecule has 0 saturated carbocycles. The molecular formula is C20H21ClN4O. The number of fused-ring (bicyclic) bond motifs is 1. The van der Waals surface area contributed by atoms with Gasteiger partial charge in [0.1, 0.15) is 5.69 Å². The van der Waals surface area contributed by atoms with Crippen LogP contribution in [-0.2, 0) is 6.54 Å². The topological polar surface area (TPSA) is 61.0 Å². The van der Waals surface area contributed by atoms with Crippen LogP contribution in [0.4, 0.5) is 0 Å². The number of nitrogens with zero attached hydrogens (tertiary/aromatic N) is 2. The number of aromatic nitrogens is 2. The van der Waals surface area contributed by atoms with Gasteiger partial charge in [0.25, 0.3) is 5.91 Å². The van der Waals surface area contributed by atoms with Crippen LogP contribution in [0.25, 0.3) is 10.9 Å². The summed E-state index contributed by atoms with van der Waals surface area (Å²) in [5.74, 6) is -0.0551. The van der Waals surface area contributed by atoms with E-state index in [1.54, 1.807) is 0 Å².